The van der Waals surface area contributed by atoms with Gasteiger partial charge in [-0.3, -0.25) is 0 Å². The van der Waals surface area contributed by atoms with Crippen molar-refractivity contribution >= 4 is 22.6 Å². The Bertz CT molecular complexity index is 775. The van der Waals surface area contributed by atoms with E-state index in [0.717, 1.165) is 30.7 Å². The van der Waals surface area contributed by atoms with Crippen molar-refractivity contribution in [2.24, 2.45) is 0 Å². The minimum absolute atomic E-state index is 0.176. The van der Waals surface area contributed by atoms with Crippen molar-refractivity contribution in [1.82, 2.24) is 19.4 Å². The lowest BCUT2D eigenvalue weighted by molar-refractivity contribution is 0.252. The molecule has 2 N–H and O–H groups in total. The number of amides is 2. The van der Waals surface area contributed by atoms with Gasteiger partial charge in [-0.2, -0.15) is 0 Å². The van der Waals surface area contributed by atoms with Gasteiger partial charge in [0, 0.05) is 43.9 Å². The lowest BCUT2D eigenvalue weighted by atomic mass is 10.2. The van der Waals surface area contributed by atoms with E-state index in [1.54, 1.807) is 12.5 Å². The van der Waals surface area contributed by atoms with Crippen LogP contribution in [0, 0.1) is 0 Å². The third kappa shape index (κ3) is 3.71. The second kappa shape index (κ2) is 7.00. The molecule has 0 aliphatic rings. The van der Waals surface area contributed by atoms with Crippen LogP contribution in [-0.4, -0.2) is 26.7 Å². The minimum atomic E-state index is -0.176. The number of carbonyl (C=O) groups excluding carboxylic acids is 1. The van der Waals surface area contributed by atoms with Crippen LogP contribution in [0.4, 0.5) is 10.5 Å². The molecule has 2 amide bonds. The molecule has 3 rings (SSSR count). The maximum absolute atomic E-state index is 12.0. The van der Waals surface area contributed by atoms with Crippen molar-refractivity contribution < 1.29 is 4.79 Å². The third-order valence-electron chi connectivity index (χ3n) is 3.81. The zero-order valence-electron chi connectivity index (χ0n) is 13.2. The number of aromatic nitrogens is 3. The standard InChI is InChI=1S/C17H21N5O/c1-2-22-10-6-14-4-5-15(12-16(14)22)20-17(23)19-7-3-9-21-11-8-18-13-21/h4-6,8,10-13H,2-3,7,9H2,1H3,(H2,19,20,23). The normalized spacial score (nSPS) is 10.8. The first-order valence-corrected chi connectivity index (χ1v) is 7.86. The van der Waals surface area contributed by atoms with Gasteiger partial charge in [0.15, 0.2) is 0 Å². The van der Waals surface area contributed by atoms with Crippen molar-refractivity contribution in [2.75, 3.05) is 11.9 Å². The molecule has 1 aromatic carbocycles. The van der Waals surface area contributed by atoms with Gasteiger partial charge in [-0.15, -0.1) is 0 Å². The van der Waals surface area contributed by atoms with E-state index in [1.165, 1.54) is 5.39 Å². The molecule has 6 heteroatoms. The summed E-state index contributed by atoms with van der Waals surface area (Å²) in [5.41, 5.74) is 1.93. The molecule has 0 saturated carbocycles. The Morgan fingerprint density at radius 2 is 2.17 bits per heavy atom. The molecule has 6 nitrogen and oxygen atoms in total. The van der Waals surface area contributed by atoms with Crippen LogP contribution < -0.4 is 10.6 Å². The predicted molar refractivity (Wildman–Crippen MR) is 91.5 cm³/mol. The van der Waals surface area contributed by atoms with E-state index in [-0.39, 0.29) is 6.03 Å². The number of hydrogen-bond donors (Lipinski definition) is 2. The number of benzene rings is 1. The van der Waals surface area contributed by atoms with E-state index < -0.39 is 0 Å². The van der Waals surface area contributed by atoms with Crippen molar-refractivity contribution in [3.8, 4) is 0 Å². The van der Waals surface area contributed by atoms with Crippen LogP contribution in [0.5, 0.6) is 0 Å². The van der Waals surface area contributed by atoms with Crippen LogP contribution >= 0.6 is 0 Å². The van der Waals surface area contributed by atoms with E-state index in [4.69, 9.17) is 0 Å². The summed E-state index contributed by atoms with van der Waals surface area (Å²) in [5.74, 6) is 0. The summed E-state index contributed by atoms with van der Waals surface area (Å²) in [7, 11) is 0. The van der Waals surface area contributed by atoms with Crippen LogP contribution in [0.1, 0.15) is 13.3 Å². The first kappa shape index (κ1) is 15.1. The Kier molecular flexibility index (Phi) is 4.61. The number of rotatable bonds is 6. The van der Waals surface area contributed by atoms with Crippen LogP contribution in [0.15, 0.2) is 49.2 Å². The van der Waals surface area contributed by atoms with E-state index >= 15 is 0 Å². The number of imidazole rings is 1. The van der Waals surface area contributed by atoms with Gasteiger partial charge in [-0.05, 0) is 36.9 Å². The third-order valence-corrected chi connectivity index (χ3v) is 3.81. The first-order valence-electron chi connectivity index (χ1n) is 7.86. The predicted octanol–water partition coefficient (Wildman–Crippen LogP) is 3.07. The number of urea groups is 1. The molecule has 0 radical (unpaired) electrons. The van der Waals surface area contributed by atoms with Gasteiger partial charge in [0.05, 0.1) is 11.8 Å². The van der Waals surface area contributed by atoms with Gasteiger partial charge >= 0.3 is 6.03 Å². The second-order valence-corrected chi connectivity index (χ2v) is 5.41. The summed E-state index contributed by atoms with van der Waals surface area (Å²) in [6.07, 6.45) is 8.37. The molecule has 23 heavy (non-hydrogen) atoms. The van der Waals surface area contributed by atoms with Gasteiger partial charge in [0.1, 0.15) is 0 Å². The van der Waals surface area contributed by atoms with E-state index in [9.17, 15) is 4.79 Å². The zero-order valence-corrected chi connectivity index (χ0v) is 13.2. The summed E-state index contributed by atoms with van der Waals surface area (Å²) < 4.78 is 4.15. The average molecular weight is 311 g/mol. The van der Waals surface area contributed by atoms with Gasteiger partial charge in [-0.1, -0.05) is 6.07 Å². The lowest BCUT2D eigenvalue weighted by Gasteiger charge is -2.09. The minimum Gasteiger partial charge on any atom is -0.348 e. The largest absolute Gasteiger partial charge is 0.348 e. The Morgan fingerprint density at radius 3 is 2.96 bits per heavy atom. The summed E-state index contributed by atoms with van der Waals surface area (Å²) in [6.45, 7) is 4.48. The Labute approximate surface area is 135 Å². The van der Waals surface area contributed by atoms with E-state index in [0.29, 0.717) is 6.54 Å². The van der Waals surface area contributed by atoms with E-state index in [2.05, 4.69) is 39.4 Å². The Morgan fingerprint density at radius 1 is 1.26 bits per heavy atom. The molecule has 0 aliphatic carbocycles. The molecule has 0 spiro atoms. The highest BCUT2D eigenvalue weighted by atomic mass is 16.2. The molecule has 3 aromatic rings. The average Bonchev–Trinajstić information content (AvgIpc) is 3.20. The molecule has 120 valence electrons. The number of carbonyl (C=O) groups is 1. The van der Waals surface area contributed by atoms with Crippen LogP contribution in [0.3, 0.4) is 0 Å². The summed E-state index contributed by atoms with van der Waals surface area (Å²) in [5, 5.41) is 6.94. The maximum Gasteiger partial charge on any atom is 0.319 e. The summed E-state index contributed by atoms with van der Waals surface area (Å²) in [4.78, 5) is 15.9. The highest BCUT2D eigenvalue weighted by molar-refractivity contribution is 5.92. The van der Waals surface area contributed by atoms with Gasteiger partial charge < -0.3 is 19.8 Å². The number of hydrogen-bond acceptors (Lipinski definition) is 2. The summed E-state index contributed by atoms with van der Waals surface area (Å²) in [6, 6.07) is 7.86. The molecular formula is C17H21N5O. The molecule has 0 unspecified atom stereocenters. The summed E-state index contributed by atoms with van der Waals surface area (Å²) >= 11 is 0. The fraction of sp³-hybridized carbons (Fsp3) is 0.294. The molecule has 0 fully saturated rings. The first-order chi connectivity index (χ1) is 11.3. The molecule has 0 bridgehead atoms. The Balaban J connectivity index is 1.51. The number of aryl methyl sites for hydroxylation is 2. The fourth-order valence-corrected chi connectivity index (χ4v) is 2.60. The lowest BCUT2D eigenvalue weighted by Crippen LogP contribution is -2.30. The van der Waals surface area contributed by atoms with Crippen LogP contribution in [0.2, 0.25) is 0 Å². The van der Waals surface area contributed by atoms with Crippen LogP contribution in [0.25, 0.3) is 10.9 Å². The molecule has 0 saturated heterocycles. The van der Waals surface area contributed by atoms with Gasteiger partial charge in [0.25, 0.3) is 0 Å². The Hall–Kier alpha value is -2.76. The quantitative estimate of drug-likeness (QED) is 0.687. The smallest absolute Gasteiger partial charge is 0.319 e. The topological polar surface area (TPSA) is 63.9 Å². The van der Waals surface area contributed by atoms with Crippen molar-refractivity contribution in [3.63, 3.8) is 0 Å². The van der Waals surface area contributed by atoms with Crippen LogP contribution in [-0.2, 0) is 13.1 Å². The monoisotopic (exact) mass is 311 g/mol. The van der Waals surface area contributed by atoms with Gasteiger partial charge in [-0.25, -0.2) is 9.78 Å². The molecule has 2 aromatic heterocycles. The van der Waals surface area contributed by atoms with Crippen molar-refractivity contribution in [1.29, 1.82) is 0 Å². The fourth-order valence-electron chi connectivity index (χ4n) is 2.60. The highest BCUT2D eigenvalue weighted by Crippen LogP contribution is 2.20. The highest BCUT2D eigenvalue weighted by Gasteiger charge is 2.04. The number of fused-ring (bicyclic) bond motifs is 1. The van der Waals surface area contributed by atoms with Gasteiger partial charge in [0.2, 0.25) is 0 Å². The molecule has 0 atom stereocenters. The number of nitrogens with zero attached hydrogens (tertiary/aromatic N) is 3. The molecule has 0 aliphatic heterocycles. The second-order valence-electron chi connectivity index (χ2n) is 5.41. The van der Waals surface area contributed by atoms with Crippen molar-refractivity contribution in [3.05, 3.63) is 49.2 Å². The zero-order chi connectivity index (χ0) is 16.1. The molecule has 2 heterocycles. The number of anilines is 1. The number of nitrogens with one attached hydrogen (secondary N) is 2. The SMILES string of the molecule is CCn1ccc2ccc(NC(=O)NCCCn3ccnc3)cc21. The molecular weight excluding hydrogens is 290 g/mol. The van der Waals surface area contributed by atoms with E-state index in [1.807, 2.05) is 29.0 Å². The maximum atomic E-state index is 12.0. The van der Waals surface area contributed by atoms with Crippen molar-refractivity contribution in [2.45, 2.75) is 26.4 Å².